The molecule has 0 radical (unpaired) electrons. The number of thiocarbonyl (C=S) groups is 1. The standard InChI is InChI=1S/C31H32F3N5O3S2/c1-21(2)28-7-5-4-6-24(28)18-27(43)20-35-19-22-8-10-23(11-9-22)29-37-30(36-16-17-44(3,40)41)39(38-29)25-12-14-26(15-13-25)42-31(32,33)34/h4-15,19,21H,16-18,20H2,1-3H3,(H,36,37,38). The van der Waals surface area contributed by atoms with E-state index in [4.69, 9.17) is 12.2 Å². The first-order chi connectivity index (χ1) is 20.8. The lowest BCUT2D eigenvalue weighted by molar-refractivity contribution is -0.274. The van der Waals surface area contributed by atoms with Crippen molar-refractivity contribution in [3.05, 3.63) is 89.5 Å². The predicted octanol–water partition coefficient (Wildman–Crippen LogP) is 6.44. The maximum atomic E-state index is 12.6. The van der Waals surface area contributed by atoms with Crippen LogP contribution in [0.15, 0.2) is 77.8 Å². The van der Waals surface area contributed by atoms with Crippen molar-refractivity contribution in [3.63, 3.8) is 0 Å². The summed E-state index contributed by atoms with van der Waals surface area (Å²) in [7, 11) is -3.24. The molecule has 0 saturated carbocycles. The van der Waals surface area contributed by atoms with Crippen molar-refractivity contribution in [2.45, 2.75) is 32.5 Å². The Kier molecular flexibility index (Phi) is 10.5. The Morgan fingerprint density at radius 3 is 2.39 bits per heavy atom. The molecule has 0 amide bonds. The van der Waals surface area contributed by atoms with E-state index in [1.807, 2.05) is 36.4 Å². The van der Waals surface area contributed by atoms with Gasteiger partial charge in [-0.15, -0.1) is 18.3 Å². The summed E-state index contributed by atoms with van der Waals surface area (Å²) in [6.45, 7) is 4.81. The van der Waals surface area contributed by atoms with E-state index in [0.29, 0.717) is 36.0 Å². The van der Waals surface area contributed by atoms with Gasteiger partial charge in [-0.3, -0.25) is 4.99 Å². The summed E-state index contributed by atoms with van der Waals surface area (Å²) in [4.78, 5) is 9.87. The minimum atomic E-state index is -4.82. The zero-order chi connectivity index (χ0) is 31.9. The molecule has 4 aromatic rings. The molecule has 8 nitrogen and oxygen atoms in total. The highest BCUT2D eigenvalue weighted by Crippen LogP contribution is 2.26. The minimum Gasteiger partial charge on any atom is -0.406 e. The van der Waals surface area contributed by atoms with Gasteiger partial charge in [0.25, 0.3) is 0 Å². The average molecular weight is 644 g/mol. The van der Waals surface area contributed by atoms with Gasteiger partial charge in [0, 0.05) is 35.9 Å². The van der Waals surface area contributed by atoms with E-state index in [1.54, 1.807) is 6.21 Å². The highest BCUT2D eigenvalue weighted by Gasteiger charge is 2.31. The highest BCUT2D eigenvalue weighted by atomic mass is 32.2. The second kappa shape index (κ2) is 14.1. The largest absolute Gasteiger partial charge is 0.573 e. The van der Waals surface area contributed by atoms with Crippen LogP contribution >= 0.6 is 12.2 Å². The highest BCUT2D eigenvalue weighted by molar-refractivity contribution is 7.90. The second-order valence-electron chi connectivity index (χ2n) is 10.4. The van der Waals surface area contributed by atoms with Crippen molar-refractivity contribution in [3.8, 4) is 22.8 Å². The topological polar surface area (TPSA) is 98.5 Å². The van der Waals surface area contributed by atoms with Gasteiger partial charge in [0.15, 0.2) is 5.82 Å². The maximum absolute atomic E-state index is 12.6. The van der Waals surface area contributed by atoms with Crippen molar-refractivity contribution in [1.82, 2.24) is 14.8 Å². The number of nitrogens with zero attached hydrogens (tertiary/aromatic N) is 4. The summed E-state index contributed by atoms with van der Waals surface area (Å²) in [6.07, 6.45) is -1.26. The molecule has 0 aliphatic heterocycles. The number of hydrogen-bond donors (Lipinski definition) is 1. The van der Waals surface area contributed by atoms with E-state index in [2.05, 4.69) is 51.1 Å². The number of sulfone groups is 1. The molecule has 44 heavy (non-hydrogen) atoms. The molecule has 1 N–H and O–H groups in total. The molecule has 4 rings (SSSR count). The third-order valence-electron chi connectivity index (χ3n) is 6.42. The van der Waals surface area contributed by atoms with Crippen LogP contribution in [0.2, 0.25) is 0 Å². The molecule has 3 aromatic carbocycles. The van der Waals surface area contributed by atoms with Gasteiger partial charge in [-0.25, -0.2) is 8.42 Å². The average Bonchev–Trinajstić information content (AvgIpc) is 3.36. The summed E-state index contributed by atoms with van der Waals surface area (Å²) in [5.41, 5.74) is 4.42. The van der Waals surface area contributed by atoms with E-state index in [-0.39, 0.29) is 24.0 Å². The first-order valence-electron chi connectivity index (χ1n) is 13.7. The molecular weight excluding hydrogens is 612 g/mol. The summed E-state index contributed by atoms with van der Waals surface area (Å²) in [5.74, 6) is 0.443. The lowest BCUT2D eigenvalue weighted by Crippen LogP contribution is -2.17. The van der Waals surface area contributed by atoms with Crippen LogP contribution in [0.3, 0.4) is 0 Å². The Morgan fingerprint density at radius 2 is 1.75 bits per heavy atom. The van der Waals surface area contributed by atoms with Crippen LogP contribution < -0.4 is 10.1 Å². The zero-order valence-corrected chi connectivity index (χ0v) is 26.0. The molecule has 0 fully saturated rings. The number of aliphatic imine (C=N–C) groups is 1. The molecule has 0 aliphatic carbocycles. The van der Waals surface area contributed by atoms with Crippen molar-refractivity contribution in [2.24, 2.45) is 4.99 Å². The Bertz CT molecular complexity index is 1720. The molecule has 0 saturated heterocycles. The maximum Gasteiger partial charge on any atom is 0.573 e. The van der Waals surface area contributed by atoms with Crippen LogP contribution in [0.1, 0.15) is 36.5 Å². The number of benzene rings is 3. The molecule has 1 aromatic heterocycles. The van der Waals surface area contributed by atoms with Gasteiger partial charge in [-0.1, -0.05) is 74.6 Å². The number of ether oxygens (including phenoxy) is 1. The SMILES string of the molecule is CC(C)c1ccccc1CC(=S)CN=Cc1ccc(-c2nc(NCCS(C)(=O)=O)n(-c3ccc(OC(F)(F)F)cc3)n2)cc1. The third-order valence-corrected chi connectivity index (χ3v) is 7.64. The van der Waals surface area contributed by atoms with Crippen molar-refractivity contribution >= 4 is 39.1 Å². The van der Waals surface area contributed by atoms with Gasteiger partial charge < -0.3 is 10.1 Å². The van der Waals surface area contributed by atoms with Crippen molar-refractivity contribution in [1.29, 1.82) is 0 Å². The molecule has 13 heteroatoms. The van der Waals surface area contributed by atoms with Gasteiger partial charge in [-0.2, -0.15) is 9.67 Å². The number of rotatable bonds is 13. The number of alkyl halides is 3. The second-order valence-corrected chi connectivity index (χ2v) is 13.3. The number of hydrogen-bond acceptors (Lipinski definition) is 8. The van der Waals surface area contributed by atoms with Gasteiger partial charge in [-0.05, 0) is 46.9 Å². The van der Waals surface area contributed by atoms with Crippen LogP contribution in [0, 0.1) is 0 Å². The minimum absolute atomic E-state index is 0.0621. The fraction of sp³-hybridized carbons (Fsp3) is 0.290. The number of nitrogens with one attached hydrogen (secondary N) is 1. The van der Waals surface area contributed by atoms with E-state index >= 15 is 0 Å². The lowest BCUT2D eigenvalue weighted by Gasteiger charge is -2.12. The van der Waals surface area contributed by atoms with Crippen molar-refractivity contribution in [2.75, 3.05) is 30.4 Å². The van der Waals surface area contributed by atoms with E-state index in [1.165, 1.54) is 27.9 Å². The molecule has 232 valence electrons. The fourth-order valence-electron chi connectivity index (χ4n) is 4.36. The third kappa shape index (κ3) is 9.71. The predicted molar refractivity (Wildman–Crippen MR) is 171 cm³/mol. The van der Waals surface area contributed by atoms with Crippen LogP contribution in [-0.2, 0) is 16.3 Å². The Morgan fingerprint density at radius 1 is 1.07 bits per heavy atom. The van der Waals surface area contributed by atoms with Crippen molar-refractivity contribution < 1.29 is 26.3 Å². The Hall–Kier alpha value is -4.10. The summed E-state index contributed by atoms with van der Waals surface area (Å²) in [5, 5.41) is 7.48. The molecule has 0 spiro atoms. The first kappa shape index (κ1) is 32.8. The molecular formula is C31H32F3N5O3S2. The van der Waals surface area contributed by atoms with Crippen LogP contribution in [-0.4, -0.2) is 65.7 Å². The molecule has 0 unspecified atom stereocenters. The number of aromatic nitrogens is 3. The van der Waals surface area contributed by atoms with Gasteiger partial charge in [0.05, 0.1) is 18.0 Å². The summed E-state index contributed by atoms with van der Waals surface area (Å²) >= 11 is 5.59. The van der Waals surface area contributed by atoms with Crippen LogP contribution in [0.25, 0.3) is 17.1 Å². The quantitative estimate of drug-likeness (QED) is 0.132. The normalized spacial score (nSPS) is 12.2. The number of anilines is 1. The van der Waals surface area contributed by atoms with E-state index in [0.717, 1.165) is 28.8 Å². The van der Waals surface area contributed by atoms with Crippen LogP contribution in [0.5, 0.6) is 5.75 Å². The van der Waals surface area contributed by atoms with E-state index < -0.39 is 16.2 Å². The lowest BCUT2D eigenvalue weighted by atomic mass is 9.94. The monoisotopic (exact) mass is 643 g/mol. The molecule has 1 heterocycles. The Labute approximate surface area is 259 Å². The van der Waals surface area contributed by atoms with Crippen LogP contribution in [0.4, 0.5) is 19.1 Å². The molecule has 0 atom stereocenters. The van der Waals surface area contributed by atoms with E-state index in [9.17, 15) is 21.6 Å². The zero-order valence-electron chi connectivity index (χ0n) is 24.4. The van der Waals surface area contributed by atoms with Gasteiger partial charge in [0.2, 0.25) is 5.95 Å². The van der Waals surface area contributed by atoms with Gasteiger partial charge >= 0.3 is 6.36 Å². The molecule has 0 bridgehead atoms. The molecule has 0 aliphatic rings. The number of halogens is 3. The summed E-state index contributed by atoms with van der Waals surface area (Å²) in [6, 6.07) is 20.7. The summed E-state index contributed by atoms with van der Waals surface area (Å²) < 4.78 is 66.3. The fourth-order valence-corrected chi connectivity index (χ4v) is 5.07. The smallest absolute Gasteiger partial charge is 0.406 e. The van der Waals surface area contributed by atoms with Gasteiger partial charge in [0.1, 0.15) is 15.6 Å². The Balaban J connectivity index is 1.48. The first-order valence-corrected chi connectivity index (χ1v) is 16.2.